The van der Waals surface area contributed by atoms with E-state index in [0.29, 0.717) is 33.8 Å². The lowest BCUT2D eigenvalue weighted by molar-refractivity contribution is 0.102. The van der Waals surface area contributed by atoms with E-state index in [9.17, 15) is 4.79 Å². The number of carbonyl (C=O) groups is 1. The first-order chi connectivity index (χ1) is 12.1. The smallest absolute Gasteiger partial charge is 0.257 e. The molecule has 0 spiro atoms. The van der Waals surface area contributed by atoms with Gasteiger partial charge in [-0.05, 0) is 37.3 Å². The molecule has 25 heavy (non-hydrogen) atoms. The van der Waals surface area contributed by atoms with Gasteiger partial charge < -0.3 is 14.2 Å². The molecular weight excluding hydrogens is 364 g/mol. The number of halogens is 1. The first kappa shape index (κ1) is 16.0. The number of carbonyl (C=O) groups excluding carboxylic acids is 1. The molecule has 1 aliphatic heterocycles. The fourth-order valence-corrected chi connectivity index (χ4v) is 3.64. The highest BCUT2D eigenvalue weighted by Gasteiger charge is 2.21. The third kappa shape index (κ3) is 3.08. The molecule has 1 aromatic heterocycles. The fourth-order valence-electron chi connectivity index (χ4n) is 2.48. The van der Waals surface area contributed by atoms with Crippen LogP contribution in [0.4, 0.5) is 5.13 Å². The van der Waals surface area contributed by atoms with Crippen molar-refractivity contribution in [1.29, 1.82) is 0 Å². The zero-order valence-electron chi connectivity index (χ0n) is 13.2. The molecule has 4 rings (SSSR count). The molecule has 1 aliphatic rings. The van der Waals surface area contributed by atoms with E-state index in [1.54, 1.807) is 12.1 Å². The zero-order chi connectivity index (χ0) is 17.4. The fraction of sp³-hybridized carbons (Fsp3) is 0.176. The molecule has 0 fully saturated rings. The average molecular weight is 377 g/mol. The highest BCUT2D eigenvalue weighted by Crippen LogP contribution is 2.40. The maximum atomic E-state index is 12.5. The number of anilines is 1. The van der Waals surface area contributed by atoms with Gasteiger partial charge in [-0.15, -0.1) is 0 Å². The molecule has 6 nitrogen and oxygen atoms in total. The first-order valence-electron chi connectivity index (χ1n) is 7.58. The molecular formula is C17H13ClN2O4S. The van der Waals surface area contributed by atoms with Gasteiger partial charge >= 0.3 is 0 Å². The van der Waals surface area contributed by atoms with Crippen molar-refractivity contribution in [3.63, 3.8) is 0 Å². The Balaban J connectivity index is 1.58. The lowest BCUT2D eigenvalue weighted by atomic mass is 10.2. The second-order valence-corrected chi connectivity index (χ2v) is 6.67. The Labute approximate surface area is 152 Å². The van der Waals surface area contributed by atoms with E-state index in [2.05, 4.69) is 10.3 Å². The second kappa shape index (κ2) is 6.42. The Morgan fingerprint density at radius 2 is 2.24 bits per heavy atom. The molecule has 3 aromatic rings. The maximum absolute atomic E-state index is 12.5. The minimum absolute atomic E-state index is 0.0974. The SMILES string of the molecule is CCOc1ccc2nc(NC(=O)c3cc(Cl)c4c(c3)OCO4)sc2c1. The van der Waals surface area contributed by atoms with Crippen LogP contribution in [-0.4, -0.2) is 24.3 Å². The summed E-state index contributed by atoms with van der Waals surface area (Å²) in [5.74, 6) is 1.38. The van der Waals surface area contributed by atoms with E-state index < -0.39 is 0 Å². The normalized spacial score (nSPS) is 12.4. The number of aromatic nitrogens is 1. The van der Waals surface area contributed by atoms with Crippen molar-refractivity contribution in [1.82, 2.24) is 4.98 Å². The van der Waals surface area contributed by atoms with Crippen molar-refractivity contribution in [2.75, 3.05) is 18.7 Å². The number of fused-ring (bicyclic) bond motifs is 2. The molecule has 1 amide bonds. The van der Waals surface area contributed by atoms with E-state index in [1.807, 2.05) is 25.1 Å². The molecule has 2 heterocycles. The van der Waals surface area contributed by atoms with Gasteiger partial charge in [-0.2, -0.15) is 0 Å². The van der Waals surface area contributed by atoms with Gasteiger partial charge in [0.15, 0.2) is 16.6 Å². The molecule has 0 aliphatic carbocycles. The molecule has 0 radical (unpaired) electrons. The van der Waals surface area contributed by atoms with Gasteiger partial charge in [0.25, 0.3) is 5.91 Å². The summed E-state index contributed by atoms with van der Waals surface area (Å²) in [5.41, 5.74) is 1.18. The first-order valence-corrected chi connectivity index (χ1v) is 8.77. The summed E-state index contributed by atoms with van der Waals surface area (Å²) in [6.45, 7) is 2.62. The Morgan fingerprint density at radius 3 is 3.08 bits per heavy atom. The number of amides is 1. The molecule has 128 valence electrons. The number of ether oxygens (including phenoxy) is 3. The van der Waals surface area contributed by atoms with Crippen molar-refractivity contribution in [3.8, 4) is 17.2 Å². The van der Waals surface area contributed by atoms with E-state index in [4.69, 9.17) is 25.8 Å². The zero-order valence-corrected chi connectivity index (χ0v) is 14.7. The van der Waals surface area contributed by atoms with Gasteiger partial charge in [-0.25, -0.2) is 4.98 Å². The number of rotatable bonds is 4. The predicted octanol–water partition coefficient (Wildman–Crippen LogP) is 4.33. The molecule has 0 atom stereocenters. The Bertz CT molecular complexity index is 973. The van der Waals surface area contributed by atoms with Crippen LogP contribution in [0.1, 0.15) is 17.3 Å². The number of benzene rings is 2. The summed E-state index contributed by atoms with van der Waals surface area (Å²) in [5, 5.41) is 3.63. The van der Waals surface area contributed by atoms with Crippen molar-refractivity contribution >= 4 is 44.2 Å². The van der Waals surface area contributed by atoms with Crippen LogP contribution in [0.2, 0.25) is 5.02 Å². The van der Waals surface area contributed by atoms with E-state index in [1.165, 1.54) is 11.3 Å². The van der Waals surface area contributed by atoms with Gasteiger partial charge in [0.1, 0.15) is 5.75 Å². The largest absolute Gasteiger partial charge is 0.494 e. The topological polar surface area (TPSA) is 69.7 Å². The van der Waals surface area contributed by atoms with Crippen LogP contribution >= 0.6 is 22.9 Å². The summed E-state index contributed by atoms with van der Waals surface area (Å²) in [7, 11) is 0. The summed E-state index contributed by atoms with van der Waals surface area (Å²) >= 11 is 7.50. The minimum Gasteiger partial charge on any atom is -0.494 e. The van der Waals surface area contributed by atoms with Crippen LogP contribution in [0, 0.1) is 0 Å². The second-order valence-electron chi connectivity index (χ2n) is 5.23. The van der Waals surface area contributed by atoms with E-state index in [-0.39, 0.29) is 12.7 Å². The third-order valence-electron chi connectivity index (χ3n) is 3.58. The van der Waals surface area contributed by atoms with Gasteiger partial charge in [0.05, 0.1) is 21.8 Å². The van der Waals surface area contributed by atoms with Crippen molar-refractivity contribution in [2.24, 2.45) is 0 Å². The van der Waals surface area contributed by atoms with Gasteiger partial charge in [-0.1, -0.05) is 22.9 Å². The molecule has 2 aromatic carbocycles. The van der Waals surface area contributed by atoms with Crippen LogP contribution in [0.5, 0.6) is 17.2 Å². The number of thiazole rings is 1. The molecule has 0 saturated carbocycles. The molecule has 0 unspecified atom stereocenters. The number of nitrogens with one attached hydrogen (secondary N) is 1. The van der Waals surface area contributed by atoms with Crippen LogP contribution in [-0.2, 0) is 0 Å². The van der Waals surface area contributed by atoms with Crippen molar-refractivity contribution in [2.45, 2.75) is 6.92 Å². The quantitative estimate of drug-likeness (QED) is 0.733. The van der Waals surface area contributed by atoms with Crippen LogP contribution in [0.3, 0.4) is 0 Å². The summed E-state index contributed by atoms with van der Waals surface area (Å²) in [4.78, 5) is 16.9. The molecule has 0 saturated heterocycles. The third-order valence-corrected chi connectivity index (χ3v) is 4.80. The molecule has 0 bridgehead atoms. The summed E-state index contributed by atoms with van der Waals surface area (Å²) in [6, 6.07) is 8.78. The lowest BCUT2D eigenvalue weighted by Gasteiger charge is -2.04. The van der Waals surface area contributed by atoms with Gasteiger partial charge in [0, 0.05) is 5.56 Å². The Morgan fingerprint density at radius 1 is 1.36 bits per heavy atom. The van der Waals surface area contributed by atoms with E-state index in [0.717, 1.165) is 16.0 Å². The highest BCUT2D eigenvalue weighted by molar-refractivity contribution is 7.22. The van der Waals surface area contributed by atoms with Gasteiger partial charge in [-0.3, -0.25) is 10.1 Å². The molecule has 1 N–H and O–H groups in total. The number of hydrogen-bond acceptors (Lipinski definition) is 6. The number of nitrogens with zero attached hydrogens (tertiary/aromatic N) is 1. The van der Waals surface area contributed by atoms with E-state index >= 15 is 0 Å². The summed E-state index contributed by atoms with van der Waals surface area (Å²) < 4.78 is 17.0. The summed E-state index contributed by atoms with van der Waals surface area (Å²) in [6.07, 6.45) is 0. The Kier molecular flexibility index (Phi) is 4.10. The van der Waals surface area contributed by atoms with Crippen molar-refractivity contribution in [3.05, 3.63) is 40.9 Å². The van der Waals surface area contributed by atoms with Crippen LogP contribution in [0.25, 0.3) is 10.2 Å². The van der Waals surface area contributed by atoms with Crippen LogP contribution < -0.4 is 19.5 Å². The van der Waals surface area contributed by atoms with Gasteiger partial charge in [0.2, 0.25) is 6.79 Å². The average Bonchev–Trinajstić information content (AvgIpc) is 3.21. The monoisotopic (exact) mass is 376 g/mol. The Hall–Kier alpha value is -2.51. The van der Waals surface area contributed by atoms with Crippen LogP contribution in [0.15, 0.2) is 30.3 Å². The predicted molar refractivity (Wildman–Crippen MR) is 96.3 cm³/mol. The van der Waals surface area contributed by atoms with Crippen molar-refractivity contribution < 1.29 is 19.0 Å². The lowest BCUT2D eigenvalue weighted by Crippen LogP contribution is -2.11. The minimum atomic E-state index is -0.315. The maximum Gasteiger partial charge on any atom is 0.257 e. The highest BCUT2D eigenvalue weighted by atomic mass is 35.5. The molecule has 8 heteroatoms. The standard InChI is InChI=1S/C17H13ClN2O4S/c1-2-22-10-3-4-12-14(7-10)25-17(19-12)20-16(21)9-5-11(18)15-13(6-9)23-8-24-15/h3-7H,2,8H2,1H3,(H,19,20,21). The number of hydrogen-bond donors (Lipinski definition) is 1.